The van der Waals surface area contributed by atoms with Crippen molar-refractivity contribution in [3.63, 3.8) is 0 Å². The lowest BCUT2D eigenvalue weighted by Gasteiger charge is -2.10. The van der Waals surface area contributed by atoms with Gasteiger partial charge >= 0.3 is 0 Å². The minimum absolute atomic E-state index is 0.551. The highest BCUT2D eigenvalue weighted by Gasteiger charge is 2.21. The fourth-order valence-electron chi connectivity index (χ4n) is 6.62. The van der Waals surface area contributed by atoms with Crippen molar-refractivity contribution in [2.24, 2.45) is 0 Å². The number of hydrogen-bond acceptors (Lipinski definition) is 5. The molecule has 10 rings (SSSR count). The van der Waals surface area contributed by atoms with Crippen molar-refractivity contribution in [1.29, 1.82) is 0 Å². The molecule has 6 nitrogen and oxygen atoms in total. The van der Waals surface area contributed by atoms with Gasteiger partial charge in [0.1, 0.15) is 22.3 Å². The molecule has 0 saturated heterocycles. The van der Waals surface area contributed by atoms with Crippen molar-refractivity contribution < 1.29 is 8.83 Å². The zero-order valence-corrected chi connectivity index (χ0v) is 23.8. The van der Waals surface area contributed by atoms with E-state index in [-0.39, 0.29) is 0 Å². The van der Waals surface area contributed by atoms with Crippen LogP contribution in [0.15, 0.2) is 142 Å². The number of benzene rings is 6. The van der Waals surface area contributed by atoms with Crippen molar-refractivity contribution in [2.45, 2.75) is 0 Å². The molecule has 0 bridgehead atoms. The second kappa shape index (κ2) is 9.11. The Morgan fingerprint density at radius 2 is 1.09 bits per heavy atom. The summed E-state index contributed by atoms with van der Waals surface area (Å²) in [6, 6.07) is 45.1. The van der Waals surface area contributed by atoms with Gasteiger partial charge in [-0.2, -0.15) is 9.97 Å². The Kier molecular flexibility index (Phi) is 4.90. The van der Waals surface area contributed by atoms with Crippen molar-refractivity contribution in [1.82, 2.24) is 19.5 Å². The predicted octanol–water partition coefficient (Wildman–Crippen LogP) is 10.1. The number of rotatable bonds is 3. The Balaban J connectivity index is 1.32. The lowest BCUT2D eigenvalue weighted by atomic mass is 10.1. The second-order valence-electron chi connectivity index (χ2n) is 11.2. The summed E-state index contributed by atoms with van der Waals surface area (Å²) in [6.45, 7) is 0. The summed E-state index contributed by atoms with van der Waals surface area (Å²) < 4.78 is 15.1. The summed E-state index contributed by atoms with van der Waals surface area (Å²) in [5.41, 5.74) is 7.11. The van der Waals surface area contributed by atoms with Crippen LogP contribution in [0.5, 0.6) is 0 Å². The molecule has 0 atom stereocenters. The molecule has 45 heavy (non-hydrogen) atoms. The number of fused-ring (bicyclic) bond motifs is 10. The van der Waals surface area contributed by atoms with Crippen LogP contribution in [0, 0.1) is 0 Å². The fraction of sp³-hybridized carbons (Fsp3) is 0. The average molecular weight is 579 g/mol. The van der Waals surface area contributed by atoms with Crippen LogP contribution in [0.1, 0.15) is 0 Å². The van der Waals surface area contributed by atoms with Gasteiger partial charge in [-0.15, -0.1) is 0 Å². The first kappa shape index (κ1) is 24.2. The van der Waals surface area contributed by atoms with Crippen LogP contribution in [0.25, 0.3) is 94.4 Å². The Labute approximate surface area is 255 Å². The van der Waals surface area contributed by atoms with E-state index in [0.717, 1.165) is 76.8 Å². The highest BCUT2D eigenvalue weighted by atomic mass is 16.3. The molecule has 0 aliphatic heterocycles. The van der Waals surface area contributed by atoms with Crippen LogP contribution in [-0.2, 0) is 0 Å². The van der Waals surface area contributed by atoms with Gasteiger partial charge in [-0.05, 0) is 36.4 Å². The van der Waals surface area contributed by atoms with E-state index in [1.807, 2.05) is 91.0 Å². The maximum absolute atomic E-state index is 6.47. The minimum Gasteiger partial charge on any atom is -0.456 e. The van der Waals surface area contributed by atoms with E-state index in [0.29, 0.717) is 17.6 Å². The van der Waals surface area contributed by atoms with E-state index in [4.69, 9.17) is 23.8 Å². The van der Waals surface area contributed by atoms with E-state index in [1.165, 1.54) is 0 Å². The average Bonchev–Trinajstić information content (AvgIpc) is 3.77. The SMILES string of the molecule is c1ccc(-c2nc(-c3ccccc3)nc(-n3c4ccccc4c4cc5oc6ccc7c8ccccc8oc7c6c5cc43)n2)cc1. The molecule has 0 aliphatic carbocycles. The van der Waals surface area contributed by atoms with Crippen LogP contribution < -0.4 is 0 Å². The summed E-state index contributed by atoms with van der Waals surface area (Å²) in [7, 11) is 0. The first-order valence-electron chi connectivity index (χ1n) is 14.9. The van der Waals surface area contributed by atoms with Gasteiger partial charge in [-0.25, -0.2) is 4.98 Å². The summed E-state index contributed by atoms with van der Waals surface area (Å²) in [5, 5.41) is 6.24. The predicted molar refractivity (Wildman–Crippen MR) is 180 cm³/mol. The van der Waals surface area contributed by atoms with E-state index in [2.05, 4.69) is 47.0 Å². The van der Waals surface area contributed by atoms with Gasteiger partial charge in [-0.1, -0.05) is 97.1 Å². The highest BCUT2D eigenvalue weighted by Crippen LogP contribution is 2.42. The lowest BCUT2D eigenvalue weighted by Crippen LogP contribution is -2.06. The van der Waals surface area contributed by atoms with Gasteiger partial charge in [0.15, 0.2) is 11.6 Å². The molecule has 0 unspecified atom stereocenters. The largest absolute Gasteiger partial charge is 0.456 e. The Bertz CT molecular complexity index is 2700. The van der Waals surface area contributed by atoms with Gasteiger partial charge in [0.05, 0.1) is 16.4 Å². The maximum atomic E-state index is 6.47. The Morgan fingerprint density at radius 3 is 1.84 bits per heavy atom. The molecule has 10 aromatic rings. The number of furan rings is 2. The molecular weight excluding hydrogens is 556 g/mol. The van der Waals surface area contributed by atoms with Crippen LogP contribution in [0.4, 0.5) is 0 Å². The molecule has 0 spiro atoms. The summed E-state index contributed by atoms with van der Waals surface area (Å²) in [4.78, 5) is 15.1. The van der Waals surface area contributed by atoms with Crippen LogP contribution in [0.2, 0.25) is 0 Å². The Hall–Kier alpha value is -6.27. The molecule has 6 heteroatoms. The first-order valence-corrected chi connectivity index (χ1v) is 14.9. The highest BCUT2D eigenvalue weighted by molar-refractivity contribution is 6.24. The summed E-state index contributed by atoms with van der Waals surface area (Å²) in [5.74, 6) is 1.78. The van der Waals surface area contributed by atoms with Crippen molar-refractivity contribution >= 4 is 65.7 Å². The molecule has 6 aromatic carbocycles. The molecular formula is C39H22N4O2. The standard InChI is InChI=1S/C39H22N4O2/c1-3-11-23(12-4-1)37-40-38(24-13-5-2-6-14-24)42-39(41-37)43-30-17-9-7-15-25(30)28-22-34-29(21-31(28)43)35-33(44-34)20-19-27-26-16-8-10-18-32(26)45-36(27)35/h1-22H. The number of para-hydroxylation sites is 2. The number of hydrogen-bond donors (Lipinski definition) is 0. The van der Waals surface area contributed by atoms with Crippen LogP contribution in [0.3, 0.4) is 0 Å². The van der Waals surface area contributed by atoms with E-state index >= 15 is 0 Å². The summed E-state index contributed by atoms with van der Waals surface area (Å²) >= 11 is 0. The van der Waals surface area contributed by atoms with Crippen molar-refractivity contribution in [2.75, 3.05) is 0 Å². The number of nitrogens with zero attached hydrogens (tertiary/aromatic N) is 4. The molecule has 210 valence electrons. The lowest BCUT2D eigenvalue weighted by molar-refractivity contribution is 0.663. The zero-order chi connectivity index (χ0) is 29.5. The van der Waals surface area contributed by atoms with Gasteiger partial charge < -0.3 is 8.83 Å². The zero-order valence-electron chi connectivity index (χ0n) is 23.8. The van der Waals surface area contributed by atoms with Gasteiger partial charge in [0, 0.05) is 38.1 Å². The molecule has 4 aromatic heterocycles. The third-order valence-corrected chi connectivity index (χ3v) is 8.66. The quantitative estimate of drug-likeness (QED) is 0.209. The molecule has 0 fully saturated rings. The van der Waals surface area contributed by atoms with Crippen LogP contribution in [-0.4, -0.2) is 19.5 Å². The third kappa shape index (κ3) is 3.53. The molecule has 4 heterocycles. The maximum Gasteiger partial charge on any atom is 0.238 e. The Morgan fingerprint density at radius 1 is 0.422 bits per heavy atom. The van der Waals surface area contributed by atoms with Crippen LogP contribution >= 0.6 is 0 Å². The normalized spacial score (nSPS) is 12.0. The molecule has 0 radical (unpaired) electrons. The summed E-state index contributed by atoms with van der Waals surface area (Å²) in [6.07, 6.45) is 0. The van der Waals surface area contributed by atoms with Crippen molar-refractivity contribution in [3.05, 3.63) is 133 Å². The van der Waals surface area contributed by atoms with E-state index < -0.39 is 0 Å². The van der Waals surface area contributed by atoms with Gasteiger partial charge in [0.2, 0.25) is 5.95 Å². The number of aromatic nitrogens is 4. The second-order valence-corrected chi connectivity index (χ2v) is 11.2. The molecule has 0 amide bonds. The van der Waals surface area contributed by atoms with E-state index in [1.54, 1.807) is 0 Å². The monoisotopic (exact) mass is 578 g/mol. The van der Waals surface area contributed by atoms with Crippen molar-refractivity contribution in [3.8, 4) is 28.7 Å². The van der Waals surface area contributed by atoms with Gasteiger partial charge in [0.25, 0.3) is 0 Å². The minimum atomic E-state index is 0.551. The third-order valence-electron chi connectivity index (χ3n) is 8.66. The fourth-order valence-corrected chi connectivity index (χ4v) is 6.62. The molecule has 0 aliphatic rings. The molecule has 0 N–H and O–H groups in total. The van der Waals surface area contributed by atoms with E-state index in [9.17, 15) is 0 Å². The molecule has 0 saturated carbocycles. The smallest absolute Gasteiger partial charge is 0.238 e. The van der Waals surface area contributed by atoms with Gasteiger partial charge in [-0.3, -0.25) is 4.57 Å². The first-order chi connectivity index (χ1) is 22.3. The topological polar surface area (TPSA) is 69.9 Å².